The fraction of sp³-hybridized carbons (Fsp3) is 0.438. The summed E-state index contributed by atoms with van der Waals surface area (Å²) in [5.74, 6) is 0.133. The van der Waals surface area contributed by atoms with Crippen LogP contribution in [0.3, 0.4) is 0 Å². The number of likely N-dealkylation sites (tertiary alicyclic amines) is 1. The van der Waals surface area contributed by atoms with Gasteiger partial charge in [0.2, 0.25) is 5.91 Å². The van der Waals surface area contributed by atoms with E-state index >= 15 is 0 Å². The number of rotatable bonds is 1. The Morgan fingerprint density at radius 2 is 1.90 bits per heavy atom. The smallest absolute Gasteiger partial charge is 0.253 e. The van der Waals surface area contributed by atoms with Crippen LogP contribution in [0.2, 0.25) is 0 Å². The minimum absolute atomic E-state index is 0.00613. The second kappa shape index (κ2) is 5.21. The first kappa shape index (κ1) is 13.6. The van der Waals surface area contributed by atoms with E-state index in [0.717, 1.165) is 19.4 Å². The lowest BCUT2D eigenvalue weighted by Crippen LogP contribution is -2.44. The van der Waals surface area contributed by atoms with E-state index in [2.05, 4.69) is 5.32 Å². The van der Waals surface area contributed by atoms with E-state index in [9.17, 15) is 9.59 Å². The molecule has 2 heterocycles. The third kappa shape index (κ3) is 2.62. The van der Waals surface area contributed by atoms with E-state index < -0.39 is 0 Å². The van der Waals surface area contributed by atoms with Crippen molar-refractivity contribution in [1.82, 2.24) is 10.2 Å². The zero-order chi connectivity index (χ0) is 14.9. The topological polar surface area (TPSA) is 73.2 Å². The summed E-state index contributed by atoms with van der Waals surface area (Å²) in [6, 6.07) is 8.78. The summed E-state index contributed by atoms with van der Waals surface area (Å²) in [7, 11) is 0. The number of hydrogen-bond donors (Lipinski definition) is 1. The Hall–Kier alpha value is -2.35. The number of piperidine rings is 1. The second-order valence-corrected chi connectivity index (χ2v) is 5.93. The molecule has 0 atom stereocenters. The average Bonchev–Trinajstić information content (AvgIpc) is 2.88. The lowest BCUT2D eigenvalue weighted by Gasteiger charge is -2.38. The van der Waals surface area contributed by atoms with Crippen LogP contribution in [-0.2, 0) is 4.79 Å². The summed E-state index contributed by atoms with van der Waals surface area (Å²) in [5.41, 5.74) is 1.23. The Morgan fingerprint density at radius 3 is 2.43 bits per heavy atom. The maximum absolute atomic E-state index is 12.4. The highest BCUT2D eigenvalue weighted by molar-refractivity contribution is 5.94. The van der Waals surface area contributed by atoms with Crippen molar-refractivity contribution in [2.24, 2.45) is 5.41 Å². The van der Waals surface area contributed by atoms with Gasteiger partial charge in [-0.05, 0) is 42.5 Å². The van der Waals surface area contributed by atoms with Gasteiger partial charge in [-0.3, -0.25) is 9.59 Å². The molecule has 108 valence electrons. The Kier molecular flexibility index (Phi) is 3.38. The first-order chi connectivity index (χ1) is 10.1. The lowest BCUT2D eigenvalue weighted by atomic mass is 9.77. The van der Waals surface area contributed by atoms with Crippen molar-refractivity contribution < 1.29 is 9.59 Å². The van der Waals surface area contributed by atoms with Crippen LogP contribution in [0.4, 0.5) is 0 Å². The number of nitrogens with zero attached hydrogens (tertiary/aromatic N) is 2. The van der Waals surface area contributed by atoms with Crippen LogP contribution in [0.25, 0.3) is 0 Å². The summed E-state index contributed by atoms with van der Waals surface area (Å²) in [4.78, 5) is 25.7. The molecule has 0 aromatic heterocycles. The molecule has 5 heteroatoms. The van der Waals surface area contributed by atoms with E-state index in [0.29, 0.717) is 30.6 Å². The SMILES string of the molecule is N#Cc1ccc(C(=O)N2CCC3(CC2)CNC(=O)C3)cc1. The zero-order valence-electron chi connectivity index (χ0n) is 11.8. The van der Waals surface area contributed by atoms with Crippen LogP contribution in [0.15, 0.2) is 24.3 Å². The number of carbonyl (C=O) groups excluding carboxylic acids is 2. The third-order valence-electron chi connectivity index (χ3n) is 4.57. The molecule has 0 unspecified atom stereocenters. The largest absolute Gasteiger partial charge is 0.356 e. The minimum atomic E-state index is 0.00613. The van der Waals surface area contributed by atoms with Gasteiger partial charge in [0.05, 0.1) is 11.6 Å². The molecule has 1 N–H and O–H groups in total. The molecule has 2 aliphatic heterocycles. The molecular formula is C16H17N3O2. The number of benzene rings is 1. The Morgan fingerprint density at radius 1 is 1.24 bits per heavy atom. The van der Waals surface area contributed by atoms with Crippen molar-refractivity contribution in [3.63, 3.8) is 0 Å². The highest BCUT2D eigenvalue weighted by Gasteiger charge is 2.41. The summed E-state index contributed by atoms with van der Waals surface area (Å²) in [6.07, 6.45) is 2.33. The summed E-state index contributed by atoms with van der Waals surface area (Å²) in [6.45, 7) is 2.12. The first-order valence-corrected chi connectivity index (χ1v) is 7.18. The van der Waals surface area contributed by atoms with Gasteiger partial charge in [-0.25, -0.2) is 0 Å². The molecule has 5 nitrogen and oxygen atoms in total. The van der Waals surface area contributed by atoms with Gasteiger partial charge in [-0.2, -0.15) is 5.26 Å². The van der Waals surface area contributed by atoms with E-state index in [1.807, 2.05) is 11.0 Å². The Bertz CT molecular complexity index is 607. The predicted octanol–water partition coefficient (Wildman–Crippen LogP) is 1.30. The van der Waals surface area contributed by atoms with Gasteiger partial charge in [0.25, 0.3) is 5.91 Å². The summed E-state index contributed by atoms with van der Waals surface area (Å²) < 4.78 is 0. The fourth-order valence-electron chi connectivity index (χ4n) is 3.16. The van der Waals surface area contributed by atoms with E-state index in [4.69, 9.17) is 5.26 Å². The van der Waals surface area contributed by atoms with Crippen LogP contribution in [0.1, 0.15) is 35.2 Å². The lowest BCUT2D eigenvalue weighted by molar-refractivity contribution is -0.119. The molecule has 1 spiro atoms. The van der Waals surface area contributed by atoms with Gasteiger partial charge < -0.3 is 10.2 Å². The van der Waals surface area contributed by atoms with Crippen molar-refractivity contribution in [3.05, 3.63) is 35.4 Å². The van der Waals surface area contributed by atoms with E-state index in [-0.39, 0.29) is 17.2 Å². The maximum Gasteiger partial charge on any atom is 0.253 e. The van der Waals surface area contributed by atoms with Crippen molar-refractivity contribution >= 4 is 11.8 Å². The number of carbonyl (C=O) groups is 2. The summed E-state index contributed by atoms with van der Waals surface area (Å²) in [5, 5.41) is 11.7. The molecular weight excluding hydrogens is 266 g/mol. The van der Waals surface area contributed by atoms with Gasteiger partial charge in [-0.15, -0.1) is 0 Å². The van der Waals surface area contributed by atoms with Crippen molar-refractivity contribution in [2.75, 3.05) is 19.6 Å². The number of amides is 2. The normalized spacial score (nSPS) is 20.1. The quantitative estimate of drug-likeness (QED) is 0.844. The average molecular weight is 283 g/mol. The number of hydrogen-bond acceptors (Lipinski definition) is 3. The molecule has 3 rings (SSSR count). The Balaban J connectivity index is 1.65. The Labute approximate surface area is 123 Å². The second-order valence-electron chi connectivity index (χ2n) is 5.93. The van der Waals surface area contributed by atoms with E-state index in [1.54, 1.807) is 24.3 Å². The molecule has 1 aromatic rings. The third-order valence-corrected chi connectivity index (χ3v) is 4.57. The fourth-order valence-corrected chi connectivity index (χ4v) is 3.16. The minimum Gasteiger partial charge on any atom is -0.356 e. The molecule has 0 bridgehead atoms. The molecule has 0 saturated carbocycles. The number of nitrogens with one attached hydrogen (secondary N) is 1. The zero-order valence-corrected chi connectivity index (χ0v) is 11.8. The van der Waals surface area contributed by atoms with Gasteiger partial charge >= 0.3 is 0 Å². The molecule has 2 amide bonds. The number of nitriles is 1. The van der Waals surface area contributed by atoms with Crippen molar-refractivity contribution in [2.45, 2.75) is 19.3 Å². The molecule has 0 aliphatic carbocycles. The van der Waals surface area contributed by atoms with Crippen LogP contribution < -0.4 is 5.32 Å². The monoisotopic (exact) mass is 283 g/mol. The molecule has 2 fully saturated rings. The van der Waals surface area contributed by atoms with Crippen LogP contribution in [0.5, 0.6) is 0 Å². The molecule has 2 aliphatic rings. The van der Waals surface area contributed by atoms with Gasteiger partial charge in [0.15, 0.2) is 0 Å². The van der Waals surface area contributed by atoms with Crippen LogP contribution >= 0.6 is 0 Å². The molecule has 1 aromatic carbocycles. The highest BCUT2D eigenvalue weighted by Crippen LogP contribution is 2.37. The summed E-state index contributed by atoms with van der Waals surface area (Å²) >= 11 is 0. The van der Waals surface area contributed by atoms with Crippen molar-refractivity contribution in [3.8, 4) is 6.07 Å². The van der Waals surface area contributed by atoms with Gasteiger partial charge in [0, 0.05) is 31.6 Å². The first-order valence-electron chi connectivity index (χ1n) is 7.18. The molecule has 0 radical (unpaired) electrons. The van der Waals surface area contributed by atoms with Gasteiger partial charge in [0.1, 0.15) is 0 Å². The molecule has 2 saturated heterocycles. The van der Waals surface area contributed by atoms with Gasteiger partial charge in [-0.1, -0.05) is 0 Å². The van der Waals surface area contributed by atoms with Crippen LogP contribution in [0, 0.1) is 16.7 Å². The standard InChI is InChI=1S/C16H17N3O2/c17-10-12-1-3-13(4-2-12)15(21)19-7-5-16(6-8-19)9-14(20)18-11-16/h1-4H,5-9,11H2,(H,18,20). The predicted molar refractivity (Wildman–Crippen MR) is 76.4 cm³/mol. The highest BCUT2D eigenvalue weighted by atomic mass is 16.2. The molecule has 21 heavy (non-hydrogen) atoms. The van der Waals surface area contributed by atoms with Crippen molar-refractivity contribution in [1.29, 1.82) is 5.26 Å². The van der Waals surface area contributed by atoms with E-state index in [1.165, 1.54) is 0 Å². The van der Waals surface area contributed by atoms with Crippen LogP contribution in [-0.4, -0.2) is 36.3 Å². The maximum atomic E-state index is 12.4.